The van der Waals surface area contributed by atoms with Gasteiger partial charge in [-0.15, -0.1) is 0 Å². The van der Waals surface area contributed by atoms with Crippen LogP contribution < -0.4 is 4.90 Å². The molecular formula is C22H32N4O. The van der Waals surface area contributed by atoms with E-state index in [4.69, 9.17) is 9.72 Å². The van der Waals surface area contributed by atoms with Crippen molar-refractivity contribution in [3.63, 3.8) is 0 Å². The molecule has 0 saturated carbocycles. The van der Waals surface area contributed by atoms with E-state index >= 15 is 0 Å². The highest BCUT2D eigenvalue weighted by Crippen LogP contribution is 2.26. The van der Waals surface area contributed by atoms with Crippen LogP contribution in [0.5, 0.6) is 0 Å². The summed E-state index contributed by atoms with van der Waals surface area (Å²) in [6.07, 6.45) is 2.29. The van der Waals surface area contributed by atoms with Gasteiger partial charge in [0.1, 0.15) is 5.82 Å². The lowest BCUT2D eigenvalue weighted by molar-refractivity contribution is 0.122. The van der Waals surface area contributed by atoms with E-state index in [1.807, 2.05) is 0 Å². The lowest BCUT2D eigenvalue weighted by Crippen LogP contribution is -2.44. The van der Waals surface area contributed by atoms with Gasteiger partial charge in [-0.05, 0) is 57.1 Å². The Kier molecular flexibility index (Phi) is 5.91. The molecule has 3 heterocycles. The summed E-state index contributed by atoms with van der Waals surface area (Å²) in [5, 5.41) is 1.27. The highest BCUT2D eigenvalue weighted by molar-refractivity contribution is 5.82. The van der Waals surface area contributed by atoms with Crippen LogP contribution in [0, 0.1) is 6.92 Å². The first-order valence-corrected chi connectivity index (χ1v) is 10.3. The average molecular weight is 369 g/mol. The fraction of sp³-hybridized carbons (Fsp3) is 0.591. The van der Waals surface area contributed by atoms with Crippen LogP contribution in [0.2, 0.25) is 0 Å². The molecule has 2 saturated heterocycles. The summed E-state index contributed by atoms with van der Waals surface area (Å²) in [5.41, 5.74) is 3.79. The molecule has 2 aliphatic rings. The zero-order valence-electron chi connectivity index (χ0n) is 16.8. The molecule has 5 heteroatoms. The van der Waals surface area contributed by atoms with Crippen molar-refractivity contribution in [2.45, 2.75) is 19.8 Å². The van der Waals surface area contributed by atoms with Gasteiger partial charge >= 0.3 is 0 Å². The third kappa shape index (κ3) is 4.60. The van der Waals surface area contributed by atoms with E-state index in [9.17, 15) is 0 Å². The summed E-state index contributed by atoms with van der Waals surface area (Å²) >= 11 is 0. The lowest BCUT2D eigenvalue weighted by atomic mass is 10.0. The van der Waals surface area contributed by atoms with Crippen molar-refractivity contribution in [2.24, 2.45) is 0 Å². The number of morpholine rings is 1. The molecule has 146 valence electrons. The molecule has 0 atom stereocenters. The molecule has 27 heavy (non-hydrogen) atoms. The molecule has 2 aliphatic heterocycles. The summed E-state index contributed by atoms with van der Waals surface area (Å²) < 4.78 is 5.55. The van der Waals surface area contributed by atoms with E-state index in [-0.39, 0.29) is 0 Å². The van der Waals surface area contributed by atoms with Crippen molar-refractivity contribution < 1.29 is 4.74 Å². The van der Waals surface area contributed by atoms with E-state index in [1.54, 1.807) is 0 Å². The summed E-state index contributed by atoms with van der Waals surface area (Å²) in [6.45, 7) is 11.6. The molecule has 0 N–H and O–H groups in total. The van der Waals surface area contributed by atoms with Crippen molar-refractivity contribution in [3.8, 4) is 0 Å². The number of anilines is 1. The fourth-order valence-corrected chi connectivity index (χ4v) is 4.13. The summed E-state index contributed by atoms with van der Waals surface area (Å²) in [7, 11) is 2.22. The van der Waals surface area contributed by atoms with Crippen LogP contribution in [0.1, 0.15) is 17.5 Å². The Morgan fingerprint density at radius 1 is 1.00 bits per heavy atom. The number of aryl methyl sites for hydroxylation is 2. The molecule has 0 spiro atoms. The average Bonchev–Trinajstić information content (AvgIpc) is 2.69. The number of hydrogen-bond acceptors (Lipinski definition) is 5. The molecule has 1 aromatic carbocycles. The van der Waals surface area contributed by atoms with E-state index < -0.39 is 0 Å². The molecule has 0 bridgehead atoms. The minimum absolute atomic E-state index is 0.800. The summed E-state index contributed by atoms with van der Waals surface area (Å²) in [5.74, 6) is 1.17. The first-order valence-electron chi connectivity index (χ1n) is 10.3. The van der Waals surface area contributed by atoms with Crippen molar-refractivity contribution in [1.29, 1.82) is 0 Å². The quantitative estimate of drug-likeness (QED) is 0.810. The van der Waals surface area contributed by atoms with Gasteiger partial charge in [-0.3, -0.25) is 0 Å². The summed E-state index contributed by atoms with van der Waals surface area (Å²) in [4.78, 5) is 12.5. The van der Waals surface area contributed by atoms with Crippen LogP contribution >= 0.6 is 0 Å². The Morgan fingerprint density at radius 3 is 2.56 bits per heavy atom. The van der Waals surface area contributed by atoms with Gasteiger partial charge in [-0.1, -0.05) is 11.6 Å². The maximum atomic E-state index is 5.55. The van der Waals surface area contributed by atoms with E-state index in [0.717, 1.165) is 38.2 Å². The number of fused-ring (bicyclic) bond motifs is 1. The molecule has 0 radical (unpaired) electrons. The standard InChI is InChI=1S/C22H32N4O/c1-18-5-6-21-20(16-18)17-19(22(23-21)26-12-14-27-15-13-26)4-3-7-25-10-8-24(2)9-11-25/h5-6,16-17H,3-4,7-15H2,1-2H3. The number of hydrogen-bond donors (Lipinski definition) is 0. The number of likely N-dealkylation sites (N-methyl/N-ethyl adjacent to an activating group) is 1. The molecule has 2 fully saturated rings. The number of aromatic nitrogens is 1. The minimum Gasteiger partial charge on any atom is -0.378 e. The Bertz CT molecular complexity index is 764. The predicted octanol–water partition coefficient (Wildman–Crippen LogP) is 2.56. The molecule has 2 aromatic rings. The molecule has 5 nitrogen and oxygen atoms in total. The van der Waals surface area contributed by atoms with Gasteiger partial charge in [-0.25, -0.2) is 4.98 Å². The highest BCUT2D eigenvalue weighted by atomic mass is 16.5. The third-order valence-corrected chi connectivity index (χ3v) is 5.85. The second-order valence-electron chi connectivity index (χ2n) is 8.02. The molecule has 1 aromatic heterocycles. The third-order valence-electron chi connectivity index (χ3n) is 5.85. The largest absolute Gasteiger partial charge is 0.378 e. The van der Waals surface area contributed by atoms with Crippen LogP contribution in [0.15, 0.2) is 24.3 Å². The number of benzene rings is 1. The summed E-state index contributed by atoms with van der Waals surface area (Å²) in [6, 6.07) is 8.95. The molecule has 0 aliphatic carbocycles. The first kappa shape index (κ1) is 18.7. The Morgan fingerprint density at radius 2 is 1.78 bits per heavy atom. The van der Waals surface area contributed by atoms with Gasteiger partial charge in [0, 0.05) is 44.7 Å². The Balaban J connectivity index is 1.51. The van der Waals surface area contributed by atoms with Crippen molar-refractivity contribution in [1.82, 2.24) is 14.8 Å². The van der Waals surface area contributed by atoms with Gasteiger partial charge in [0.2, 0.25) is 0 Å². The Hall–Kier alpha value is -1.69. The van der Waals surface area contributed by atoms with Crippen molar-refractivity contribution in [3.05, 3.63) is 35.4 Å². The fourth-order valence-electron chi connectivity index (χ4n) is 4.13. The van der Waals surface area contributed by atoms with E-state index in [1.165, 1.54) is 61.5 Å². The van der Waals surface area contributed by atoms with Crippen LogP contribution in [0.4, 0.5) is 5.82 Å². The van der Waals surface area contributed by atoms with Gasteiger partial charge in [0.05, 0.1) is 18.7 Å². The number of nitrogens with zero attached hydrogens (tertiary/aromatic N) is 4. The second-order valence-corrected chi connectivity index (χ2v) is 8.02. The highest BCUT2D eigenvalue weighted by Gasteiger charge is 2.18. The van der Waals surface area contributed by atoms with Gasteiger partial charge in [0.25, 0.3) is 0 Å². The van der Waals surface area contributed by atoms with Crippen LogP contribution in [-0.2, 0) is 11.2 Å². The minimum atomic E-state index is 0.800. The SMILES string of the molecule is Cc1ccc2nc(N3CCOCC3)c(CCCN3CCN(C)CC3)cc2c1. The molecule has 4 rings (SSSR count). The monoisotopic (exact) mass is 368 g/mol. The van der Waals surface area contributed by atoms with Gasteiger partial charge in [-0.2, -0.15) is 0 Å². The van der Waals surface area contributed by atoms with E-state index in [2.05, 4.69) is 52.9 Å². The van der Waals surface area contributed by atoms with Gasteiger partial charge in [0.15, 0.2) is 0 Å². The second kappa shape index (κ2) is 8.55. The van der Waals surface area contributed by atoms with Crippen LogP contribution in [0.25, 0.3) is 10.9 Å². The smallest absolute Gasteiger partial charge is 0.132 e. The van der Waals surface area contributed by atoms with E-state index in [0.29, 0.717) is 0 Å². The maximum Gasteiger partial charge on any atom is 0.132 e. The Labute approximate surface area is 162 Å². The maximum absolute atomic E-state index is 5.55. The first-order chi connectivity index (χ1) is 13.2. The zero-order chi connectivity index (χ0) is 18.6. The topological polar surface area (TPSA) is 31.8 Å². The van der Waals surface area contributed by atoms with Crippen molar-refractivity contribution in [2.75, 3.05) is 71.0 Å². The normalized spacial score (nSPS) is 19.7. The molecule has 0 unspecified atom stereocenters. The molecular weight excluding hydrogens is 336 g/mol. The van der Waals surface area contributed by atoms with Gasteiger partial charge < -0.3 is 19.4 Å². The molecule has 0 amide bonds. The predicted molar refractivity (Wildman–Crippen MR) is 112 cm³/mol. The van der Waals surface area contributed by atoms with Crippen LogP contribution in [-0.4, -0.2) is 80.9 Å². The van der Waals surface area contributed by atoms with Crippen LogP contribution in [0.3, 0.4) is 0 Å². The number of pyridine rings is 1. The van der Waals surface area contributed by atoms with Crippen molar-refractivity contribution >= 4 is 16.7 Å². The zero-order valence-corrected chi connectivity index (χ0v) is 16.8. The number of ether oxygens (including phenoxy) is 1. The number of rotatable bonds is 5. The number of piperazine rings is 1. The lowest BCUT2D eigenvalue weighted by Gasteiger charge is -2.32.